The quantitative estimate of drug-likeness (QED) is 0.848. The van der Waals surface area contributed by atoms with Crippen molar-refractivity contribution in [1.29, 1.82) is 0 Å². The Bertz CT molecular complexity index is 514. The van der Waals surface area contributed by atoms with Gasteiger partial charge in [-0.05, 0) is 30.6 Å². The molecule has 7 nitrogen and oxygen atoms in total. The predicted molar refractivity (Wildman–Crippen MR) is 87.4 cm³/mol. The zero-order valence-electron chi connectivity index (χ0n) is 14.9. The van der Waals surface area contributed by atoms with E-state index in [1.54, 1.807) is 4.90 Å². The van der Waals surface area contributed by atoms with Crippen LogP contribution in [0.2, 0.25) is 0 Å². The average Bonchev–Trinajstić information content (AvgIpc) is 2.84. The number of fused-ring (bicyclic) bond motifs is 1. The largest absolute Gasteiger partial charge is 0.480 e. The Morgan fingerprint density at radius 1 is 1.25 bits per heavy atom. The molecule has 3 atom stereocenters. The minimum Gasteiger partial charge on any atom is -0.480 e. The van der Waals surface area contributed by atoms with Crippen molar-refractivity contribution in [3.05, 3.63) is 0 Å². The number of hydrogen-bond donors (Lipinski definition) is 1. The molecule has 7 heteroatoms. The lowest BCUT2D eigenvalue weighted by atomic mass is 9.91. The maximum Gasteiger partial charge on any atom is 0.410 e. The lowest BCUT2D eigenvalue weighted by molar-refractivity contribution is -0.142. The zero-order valence-corrected chi connectivity index (χ0v) is 14.9. The molecule has 1 N–H and O–H groups in total. The van der Waals surface area contributed by atoms with Gasteiger partial charge in [-0.2, -0.15) is 0 Å². The Morgan fingerprint density at radius 3 is 2.46 bits per heavy atom. The van der Waals surface area contributed by atoms with Gasteiger partial charge in [-0.25, -0.2) is 9.59 Å². The molecule has 0 aromatic rings. The van der Waals surface area contributed by atoms with Crippen LogP contribution in [-0.2, 0) is 14.3 Å². The number of rotatable bonds is 3. The first-order valence-electron chi connectivity index (χ1n) is 8.53. The molecule has 0 radical (unpaired) electrons. The lowest BCUT2D eigenvalue weighted by Gasteiger charge is -2.38. The topological polar surface area (TPSA) is 87.2 Å². The summed E-state index contributed by atoms with van der Waals surface area (Å²) in [6.45, 7) is 8.93. The molecule has 0 saturated carbocycles. The van der Waals surface area contributed by atoms with Gasteiger partial charge in [0.15, 0.2) is 0 Å². The molecule has 0 spiro atoms. The van der Waals surface area contributed by atoms with E-state index in [2.05, 4.69) is 20.8 Å². The molecular weight excluding hydrogens is 312 g/mol. The van der Waals surface area contributed by atoms with Crippen molar-refractivity contribution < 1.29 is 24.2 Å². The van der Waals surface area contributed by atoms with Crippen molar-refractivity contribution in [1.82, 2.24) is 9.80 Å². The molecule has 24 heavy (non-hydrogen) atoms. The van der Waals surface area contributed by atoms with Crippen molar-refractivity contribution in [2.24, 2.45) is 11.3 Å². The summed E-state index contributed by atoms with van der Waals surface area (Å²) in [5.74, 6) is -0.948. The van der Waals surface area contributed by atoms with Crippen LogP contribution in [0.25, 0.3) is 0 Å². The van der Waals surface area contributed by atoms with Gasteiger partial charge in [0, 0.05) is 20.0 Å². The summed E-state index contributed by atoms with van der Waals surface area (Å²) in [6.07, 6.45) is 1.28. The van der Waals surface area contributed by atoms with Crippen LogP contribution < -0.4 is 0 Å². The van der Waals surface area contributed by atoms with Gasteiger partial charge in [0.1, 0.15) is 6.04 Å². The number of carbonyl (C=O) groups excluding carboxylic acids is 2. The first kappa shape index (κ1) is 18.5. The van der Waals surface area contributed by atoms with E-state index in [0.717, 1.165) is 6.42 Å². The Balaban J connectivity index is 2.08. The van der Waals surface area contributed by atoms with Crippen LogP contribution in [-0.4, -0.2) is 64.7 Å². The van der Waals surface area contributed by atoms with Gasteiger partial charge in [0.2, 0.25) is 5.91 Å². The molecule has 2 aliphatic heterocycles. The maximum atomic E-state index is 12.5. The summed E-state index contributed by atoms with van der Waals surface area (Å²) >= 11 is 0. The van der Waals surface area contributed by atoms with Gasteiger partial charge in [-0.15, -0.1) is 0 Å². The minimum atomic E-state index is -1.01. The van der Waals surface area contributed by atoms with E-state index in [0.29, 0.717) is 25.9 Å². The number of nitrogens with zero attached hydrogens (tertiary/aromatic N) is 2. The fourth-order valence-electron chi connectivity index (χ4n) is 3.49. The monoisotopic (exact) mass is 340 g/mol. The van der Waals surface area contributed by atoms with Gasteiger partial charge < -0.3 is 14.7 Å². The number of carbonyl (C=O) groups is 3. The highest BCUT2D eigenvalue weighted by Gasteiger charge is 2.50. The maximum absolute atomic E-state index is 12.5. The Morgan fingerprint density at radius 2 is 1.92 bits per heavy atom. The van der Waals surface area contributed by atoms with E-state index in [4.69, 9.17) is 4.74 Å². The van der Waals surface area contributed by atoms with Crippen LogP contribution >= 0.6 is 0 Å². The predicted octanol–water partition coefficient (Wildman–Crippen LogP) is 1.96. The lowest BCUT2D eigenvalue weighted by Crippen LogP contribution is -2.53. The van der Waals surface area contributed by atoms with Gasteiger partial charge in [0.05, 0.1) is 12.6 Å². The number of aliphatic carboxylic acids is 1. The number of likely N-dealkylation sites (tertiary alicyclic amines) is 2. The number of ether oxygens (including phenoxy) is 1. The molecule has 136 valence electrons. The van der Waals surface area contributed by atoms with Crippen LogP contribution in [0.1, 0.15) is 47.0 Å². The molecule has 0 aliphatic carbocycles. The van der Waals surface area contributed by atoms with Crippen molar-refractivity contribution in [3.63, 3.8) is 0 Å². The first-order valence-corrected chi connectivity index (χ1v) is 8.53. The zero-order chi connectivity index (χ0) is 18.1. The first-order chi connectivity index (χ1) is 11.1. The summed E-state index contributed by atoms with van der Waals surface area (Å²) in [6, 6.07) is -1.14. The molecular formula is C17H28N2O5. The molecule has 2 fully saturated rings. The third-order valence-electron chi connectivity index (χ3n) is 4.96. The molecule has 2 aliphatic rings. The average molecular weight is 340 g/mol. The Hall–Kier alpha value is -1.79. The molecule has 0 aromatic heterocycles. The van der Waals surface area contributed by atoms with Crippen molar-refractivity contribution in [2.75, 3.05) is 19.7 Å². The van der Waals surface area contributed by atoms with E-state index in [9.17, 15) is 19.5 Å². The van der Waals surface area contributed by atoms with Gasteiger partial charge in [0.25, 0.3) is 0 Å². The van der Waals surface area contributed by atoms with Gasteiger partial charge in [-0.1, -0.05) is 20.8 Å². The molecule has 0 bridgehead atoms. The second kappa shape index (κ2) is 6.99. The normalized spacial score (nSPS) is 26.9. The molecule has 0 unspecified atom stereocenters. The second-order valence-corrected chi connectivity index (χ2v) is 8.00. The number of piperidine rings is 1. The highest BCUT2D eigenvalue weighted by molar-refractivity contribution is 5.81. The minimum absolute atomic E-state index is 0.0380. The highest BCUT2D eigenvalue weighted by Crippen LogP contribution is 2.36. The standard InChI is InChI=1S/C17H28N2O5/c1-11(20)18-7-5-12-9-13(15(21)22)19(14(12)10-18)16(23)24-8-6-17(2,3)4/h12-14H,5-10H2,1-4H3,(H,21,22)/t12-,13-,14-/m1/s1. The number of carboxylic acid groups (broad SMARTS) is 1. The Kier molecular flexibility index (Phi) is 5.40. The molecule has 2 heterocycles. The highest BCUT2D eigenvalue weighted by atomic mass is 16.6. The number of hydrogen-bond acceptors (Lipinski definition) is 4. The SMILES string of the molecule is CC(=O)N1CC[C@@H]2C[C@H](C(=O)O)N(C(=O)OCCC(C)(C)C)[C@@H]2C1. The van der Waals surface area contributed by atoms with E-state index >= 15 is 0 Å². The van der Waals surface area contributed by atoms with Crippen LogP contribution in [0.4, 0.5) is 4.79 Å². The molecule has 0 aromatic carbocycles. The molecule has 2 amide bonds. The summed E-state index contributed by atoms with van der Waals surface area (Å²) in [5, 5.41) is 9.48. The van der Waals surface area contributed by atoms with Crippen molar-refractivity contribution >= 4 is 18.0 Å². The van der Waals surface area contributed by atoms with Gasteiger partial charge in [-0.3, -0.25) is 9.69 Å². The fourth-order valence-corrected chi connectivity index (χ4v) is 3.49. The molecule has 2 saturated heterocycles. The van der Waals surface area contributed by atoms with Crippen LogP contribution in [0.5, 0.6) is 0 Å². The van der Waals surface area contributed by atoms with Crippen LogP contribution in [0, 0.1) is 11.3 Å². The Labute approximate surface area is 142 Å². The summed E-state index contributed by atoms with van der Waals surface area (Å²) in [4.78, 5) is 38.8. The third kappa shape index (κ3) is 4.19. The molecule has 2 rings (SSSR count). The van der Waals surface area contributed by atoms with E-state index in [1.165, 1.54) is 11.8 Å². The smallest absolute Gasteiger partial charge is 0.410 e. The summed E-state index contributed by atoms with van der Waals surface area (Å²) < 4.78 is 5.35. The fraction of sp³-hybridized carbons (Fsp3) is 0.824. The van der Waals surface area contributed by atoms with Gasteiger partial charge >= 0.3 is 12.1 Å². The second-order valence-electron chi connectivity index (χ2n) is 8.00. The van der Waals surface area contributed by atoms with Crippen LogP contribution in [0.15, 0.2) is 0 Å². The van der Waals surface area contributed by atoms with Crippen molar-refractivity contribution in [3.8, 4) is 0 Å². The summed E-state index contributed by atoms with van der Waals surface area (Å²) in [7, 11) is 0. The van der Waals surface area contributed by atoms with Crippen LogP contribution in [0.3, 0.4) is 0 Å². The third-order valence-corrected chi connectivity index (χ3v) is 4.96. The van der Waals surface area contributed by atoms with Crippen molar-refractivity contribution in [2.45, 2.75) is 59.0 Å². The van der Waals surface area contributed by atoms with E-state index < -0.39 is 18.1 Å². The van der Waals surface area contributed by atoms with E-state index in [-0.39, 0.29) is 29.9 Å². The van der Waals surface area contributed by atoms with E-state index in [1.807, 2.05) is 0 Å². The number of amides is 2. The number of carboxylic acids is 1. The summed E-state index contributed by atoms with van der Waals surface area (Å²) in [5.41, 5.74) is 0.0380.